The maximum absolute atomic E-state index is 5.60. The fourth-order valence-corrected chi connectivity index (χ4v) is 4.28. The van der Waals surface area contributed by atoms with Crippen LogP contribution in [0.5, 0.6) is 40.2 Å². The number of benzene rings is 3. The van der Waals surface area contributed by atoms with Crippen LogP contribution in [0.15, 0.2) is 42.5 Å². The Morgan fingerprint density at radius 3 is 1.17 bits per heavy atom. The van der Waals surface area contributed by atoms with Gasteiger partial charge in [-0.15, -0.1) is 0 Å². The van der Waals surface area contributed by atoms with Crippen LogP contribution in [0.4, 0.5) is 0 Å². The first kappa shape index (κ1) is 26.9. The lowest BCUT2D eigenvalue weighted by Gasteiger charge is -2.17. The van der Waals surface area contributed by atoms with Crippen LogP contribution in [0.25, 0.3) is 0 Å². The third-order valence-corrected chi connectivity index (χ3v) is 6.21. The molecule has 7 nitrogen and oxygen atoms in total. The van der Waals surface area contributed by atoms with Crippen LogP contribution in [0.2, 0.25) is 0 Å². The molecule has 0 heterocycles. The molecule has 0 spiro atoms. The summed E-state index contributed by atoms with van der Waals surface area (Å²) in [4.78, 5) is 0. The summed E-state index contributed by atoms with van der Waals surface area (Å²) < 4.78 is 38.6. The minimum Gasteiger partial charge on any atom is -0.497 e. The van der Waals surface area contributed by atoms with Crippen LogP contribution in [0.3, 0.4) is 0 Å². The van der Waals surface area contributed by atoms with Crippen molar-refractivity contribution in [3.8, 4) is 40.2 Å². The van der Waals surface area contributed by atoms with Crippen molar-refractivity contribution < 1.29 is 33.2 Å². The van der Waals surface area contributed by atoms with Crippen LogP contribution in [0, 0.1) is 0 Å². The van der Waals surface area contributed by atoms with Gasteiger partial charge in [0.2, 0.25) is 5.75 Å². The molecule has 0 N–H and O–H groups in total. The zero-order chi connectivity index (χ0) is 26.1. The summed E-state index contributed by atoms with van der Waals surface area (Å²) in [5.74, 6) is 4.86. The van der Waals surface area contributed by atoms with E-state index in [1.54, 1.807) is 49.8 Å². The molecule has 0 saturated carbocycles. The van der Waals surface area contributed by atoms with Gasteiger partial charge in [0.15, 0.2) is 23.0 Å². The van der Waals surface area contributed by atoms with E-state index < -0.39 is 0 Å². The second-order valence-electron chi connectivity index (χ2n) is 8.23. The predicted octanol–water partition coefficient (Wildman–Crippen LogP) is 5.32. The van der Waals surface area contributed by atoms with E-state index in [9.17, 15) is 0 Å². The van der Waals surface area contributed by atoms with Crippen LogP contribution in [-0.2, 0) is 25.7 Å². The van der Waals surface area contributed by atoms with Crippen LogP contribution in [-0.4, -0.2) is 49.8 Å². The number of ether oxygens (including phenoxy) is 7. The maximum atomic E-state index is 5.60. The van der Waals surface area contributed by atoms with E-state index in [0.717, 1.165) is 48.3 Å². The van der Waals surface area contributed by atoms with Crippen molar-refractivity contribution in [3.05, 3.63) is 64.7 Å². The first-order valence-corrected chi connectivity index (χ1v) is 11.7. The molecule has 0 amide bonds. The Balaban J connectivity index is 1.89. The average Bonchev–Trinajstić information content (AvgIpc) is 2.93. The Morgan fingerprint density at radius 2 is 0.806 bits per heavy atom. The SMILES string of the molecule is COc1cc(CCc2cc(OC)c(OC)cc2CCc2cc(OC)c(OC)c(OC)c2)cc(OC)c1. The molecule has 0 fully saturated rings. The van der Waals surface area contributed by atoms with Crippen molar-refractivity contribution in [1.82, 2.24) is 0 Å². The molecule has 0 aromatic heterocycles. The highest BCUT2D eigenvalue weighted by Crippen LogP contribution is 2.39. The molecule has 3 aromatic carbocycles. The molecule has 7 heteroatoms. The molecule has 0 atom stereocenters. The summed E-state index contributed by atoms with van der Waals surface area (Å²) in [5, 5.41) is 0. The minimum absolute atomic E-state index is 0.587. The molecule has 0 unspecified atom stereocenters. The van der Waals surface area contributed by atoms with Gasteiger partial charge in [-0.1, -0.05) is 0 Å². The molecule has 0 aliphatic carbocycles. The van der Waals surface area contributed by atoms with Gasteiger partial charge in [-0.2, -0.15) is 0 Å². The predicted molar refractivity (Wildman–Crippen MR) is 140 cm³/mol. The van der Waals surface area contributed by atoms with Crippen molar-refractivity contribution in [2.24, 2.45) is 0 Å². The van der Waals surface area contributed by atoms with Crippen molar-refractivity contribution >= 4 is 0 Å². The Hall–Kier alpha value is -3.74. The zero-order valence-electron chi connectivity index (χ0n) is 22.2. The van der Waals surface area contributed by atoms with E-state index in [1.165, 1.54) is 11.1 Å². The van der Waals surface area contributed by atoms with Gasteiger partial charge in [-0.05, 0) is 84.3 Å². The molecule has 0 radical (unpaired) electrons. The van der Waals surface area contributed by atoms with E-state index in [0.29, 0.717) is 28.7 Å². The highest BCUT2D eigenvalue weighted by molar-refractivity contribution is 5.54. The third-order valence-electron chi connectivity index (χ3n) is 6.21. The van der Waals surface area contributed by atoms with Crippen molar-refractivity contribution in [1.29, 1.82) is 0 Å². The van der Waals surface area contributed by atoms with Crippen LogP contribution < -0.4 is 33.2 Å². The van der Waals surface area contributed by atoms with E-state index in [1.807, 2.05) is 30.3 Å². The van der Waals surface area contributed by atoms with Crippen LogP contribution in [0.1, 0.15) is 22.3 Å². The first-order chi connectivity index (χ1) is 17.5. The van der Waals surface area contributed by atoms with E-state index in [4.69, 9.17) is 33.2 Å². The summed E-state index contributed by atoms with van der Waals surface area (Å²) >= 11 is 0. The quantitative estimate of drug-likeness (QED) is 0.317. The smallest absolute Gasteiger partial charge is 0.203 e. The van der Waals surface area contributed by atoms with E-state index >= 15 is 0 Å². The molecule has 0 bridgehead atoms. The van der Waals surface area contributed by atoms with Gasteiger partial charge >= 0.3 is 0 Å². The fraction of sp³-hybridized carbons (Fsp3) is 0.379. The summed E-state index contributed by atoms with van der Waals surface area (Å²) in [7, 11) is 11.5. The lowest BCUT2D eigenvalue weighted by molar-refractivity contribution is 0.324. The number of methoxy groups -OCH3 is 7. The molecular formula is C29H36O7. The van der Waals surface area contributed by atoms with Gasteiger partial charge in [0.1, 0.15) is 11.5 Å². The molecular weight excluding hydrogens is 460 g/mol. The van der Waals surface area contributed by atoms with E-state index in [2.05, 4.69) is 12.1 Å². The van der Waals surface area contributed by atoms with Crippen LogP contribution >= 0.6 is 0 Å². The second-order valence-corrected chi connectivity index (χ2v) is 8.23. The Kier molecular flexibility index (Phi) is 9.56. The number of hydrogen-bond acceptors (Lipinski definition) is 7. The topological polar surface area (TPSA) is 64.6 Å². The zero-order valence-corrected chi connectivity index (χ0v) is 22.2. The molecule has 3 rings (SSSR count). The Morgan fingerprint density at radius 1 is 0.389 bits per heavy atom. The van der Waals surface area contributed by atoms with E-state index in [-0.39, 0.29) is 0 Å². The first-order valence-electron chi connectivity index (χ1n) is 11.7. The van der Waals surface area contributed by atoms with Crippen molar-refractivity contribution in [2.45, 2.75) is 25.7 Å². The second kappa shape index (κ2) is 12.8. The van der Waals surface area contributed by atoms with Crippen molar-refractivity contribution in [3.63, 3.8) is 0 Å². The standard InChI is InChI=1S/C29H36O7/c1-30-23-12-19(13-24(18-23)31-2)8-10-21-16-25(32-3)26(33-4)17-22(21)11-9-20-14-27(34-5)29(36-7)28(15-20)35-6/h12-18H,8-11H2,1-7H3. The molecule has 0 aliphatic rings. The lowest BCUT2D eigenvalue weighted by atomic mass is 9.94. The normalized spacial score (nSPS) is 10.5. The van der Waals surface area contributed by atoms with Gasteiger partial charge < -0.3 is 33.2 Å². The van der Waals surface area contributed by atoms with Crippen molar-refractivity contribution in [2.75, 3.05) is 49.8 Å². The number of hydrogen-bond donors (Lipinski definition) is 0. The molecule has 0 aliphatic heterocycles. The molecule has 0 saturated heterocycles. The van der Waals surface area contributed by atoms with Gasteiger partial charge in [0, 0.05) is 6.07 Å². The summed E-state index contributed by atoms with van der Waals surface area (Å²) in [5.41, 5.74) is 4.61. The van der Waals surface area contributed by atoms with Gasteiger partial charge in [-0.3, -0.25) is 0 Å². The summed E-state index contributed by atoms with van der Waals surface area (Å²) in [6.07, 6.45) is 3.23. The maximum Gasteiger partial charge on any atom is 0.203 e. The highest BCUT2D eigenvalue weighted by Gasteiger charge is 2.16. The Labute approximate surface area is 213 Å². The summed E-state index contributed by atoms with van der Waals surface area (Å²) in [6.45, 7) is 0. The molecule has 36 heavy (non-hydrogen) atoms. The summed E-state index contributed by atoms with van der Waals surface area (Å²) in [6, 6.07) is 14.1. The molecule has 3 aromatic rings. The van der Waals surface area contributed by atoms with Gasteiger partial charge in [-0.25, -0.2) is 0 Å². The third kappa shape index (κ3) is 6.27. The average molecular weight is 497 g/mol. The minimum atomic E-state index is 0.587. The number of rotatable bonds is 13. The molecule has 194 valence electrons. The largest absolute Gasteiger partial charge is 0.497 e. The lowest BCUT2D eigenvalue weighted by Crippen LogP contribution is -2.03. The fourth-order valence-electron chi connectivity index (χ4n) is 4.28. The van der Waals surface area contributed by atoms with Gasteiger partial charge in [0.05, 0.1) is 49.8 Å². The number of aryl methyl sites for hydroxylation is 4. The highest BCUT2D eigenvalue weighted by atomic mass is 16.5. The monoisotopic (exact) mass is 496 g/mol. The van der Waals surface area contributed by atoms with Gasteiger partial charge in [0.25, 0.3) is 0 Å². The Bertz CT molecular complexity index is 1110.